The fraction of sp³-hybridized carbons (Fsp3) is 0.529. The molecule has 2 atom stereocenters. The van der Waals surface area contributed by atoms with Gasteiger partial charge >= 0.3 is 6.09 Å². The van der Waals surface area contributed by atoms with Crippen molar-refractivity contribution in [2.24, 2.45) is 0 Å². The van der Waals surface area contributed by atoms with E-state index >= 15 is 0 Å². The van der Waals surface area contributed by atoms with E-state index in [0.29, 0.717) is 6.54 Å². The maximum absolute atomic E-state index is 12.4. The molecule has 1 fully saturated rings. The third-order valence-electron chi connectivity index (χ3n) is 3.57. The fourth-order valence-corrected chi connectivity index (χ4v) is 2.99. The van der Waals surface area contributed by atoms with Crippen molar-refractivity contribution in [3.63, 3.8) is 0 Å². The van der Waals surface area contributed by atoms with Crippen molar-refractivity contribution in [2.45, 2.75) is 51.5 Å². The normalized spacial score (nSPS) is 20.8. The Morgan fingerprint density at radius 2 is 2.12 bits per heavy atom. The van der Waals surface area contributed by atoms with E-state index in [0.717, 1.165) is 10.0 Å². The van der Waals surface area contributed by atoms with E-state index in [1.54, 1.807) is 20.8 Å². The van der Waals surface area contributed by atoms with Crippen molar-refractivity contribution in [2.75, 3.05) is 6.54 Å². The average Bonchev–Trinajstić information content (AvgIpc) is 2.85. The SMILES string of the molecule is CC(C)(C)OC(=O)N1C[C@H](O)C[C@H]1C(=O)NCc1cccc(Br)c1. The third kappa shape index (κ3) is 5.21. The van der Waals surface area contributed by atoms with Crippen molar-refractivity contribution in [1.29, 1.82) is 0 Å². The van der Waals surface area contributed by atoms with E-state index in [4.69, 9.17) is 4.74 Å². The maximum Gasteiger partial charge on any atom is 0.411 e. The highest BCUT2D eigenvalue weighted by Gasteiger charge is 2.40. The number of hydrogen-bond donors (Lipinski definition) is 2. The smallest absolute Gasteiger partial charge is 0.411 e. The van der Waals surface area contributed by atoms with Crippen LogP contribution in [0.2, 0.25) is 0 Å². The van der Waals surface area contributed by atoms with Crippen molar-refractivity contribution in [3.8, 4) is 0 Å². The number of carbonyl (C=O) groups is 2. The van der Waals surface area contributed by atoms with Gasteiger partial charge in [0.1, 0.15) is 11.6 Å². The fourth-order valence-electron chi connectivity index (χ4n) is 2.54. The number of hydrogen-bond acceptors (Lipinski definition) is 4. The molecule has 1 heterocycles. The van der Waals surface area contributed by atoms with Gasteiger partial charge in [-0.2, -0.15) is 0 Å². The molecular formula is C17H23BrN2O4. The van der Waals surface area contributed by atoms with E-state index in [1.807, 2.05) is 24.3 Å². The molecule has 2 amide bonds. The molecule has 132 valence electrons. The van der Waals surface area contributed by atoms with Crippen LogP contribution in [0.5, 0.6) is 0 Å². The summed E-state index contributed by atoms with van der Waals surface area (Å²) >= 11 is 3.38. The van der Waals surface area contributed by atoms with E-state index in [-0.39, 0.29) is 18.9 Å². The molecule has 0 aromatic heterocycles. The second kappa shape index (κ2) is 7.53. The van der Waals surface area contributed by atoms with Crippen LogP contribution in [0.3, 0.4) is 0 Å². The molecule has 1 aliphatic heterocycles. The zero-order chi connectivity index (χ0) is 17.9. The standard InChI is InChI=1S/C17H23BrN2O4/c1-17(2,3)24-16(23)20-10-13(21)8-14(20)15(22)19-9-11-5-4-6-12(18)7-11/h4-7,13-14,21H,8-10H2,1-3H3,(H,19,22)/t13-,14+/m1/s1. The van der Waals surface area contributed by atoms with Gasteiger partial charge < -0.3 is 15.2 Å². The highest BCUT2D eigenvalue weighted by Crippen LogP contribution is 2.21. The molecule has 0 unspecified atom stereocenters. The number of aliphatic hydroxyl groups excluding tert-OH is 1. The van der Waals surface area contributed by atoms with Gasteiger partial charge in [-0.1, -0.05) is 28.1 Å². The predicted molar refractivity (Wildman–Crippen MR) is 93.3 cm³/mol. The first-order chi connectivity index (χ1) is 11.2. The predicted octanol–water partition coefficient (Wildman–Crippen LogP) is 2.44. The third-order valence-corrected chi connectivity index (χ3v) is 4.06. The molecule has 0 saturated carbocycles. The number of benzene rings is 1. The number of rotatable bonds is 3. The van der Waals surface area contributed by atoms with Gasteiger partial charge in [0.15, 0.2) is 0 Å². The first kappa shape index (κ1) is 18.7. The minimum Gasteiger partial charge on any atom is -0.444 e. The largest absolute Gasteiger partial charge is 0.444 e. The van der Waals surface area contributed by atoms with Crippen molar-refractivity contribution < 1.29 is 19.4 Å². The monoisotopic (exact) mass is 398 g/mol. The molecule has 2 rings (SSSR count). The lowest BCUT2D eigenvalue weighted by molar-refractivity contribution is -0.125. The van der Waals surface area contributed by atoms with E-state index in [1.165, 1.54) is 4.90 Å². The number of β-amino-alcohol motifs (C(OH)–C–C–N with tert-alkyl or cyclic N) is 1. The Kier molecular flexibility index (Phi) is 5.87. The molecule has 0 radical (unpaired) electrons. The van der Waals surface area contributed by atoms with Gasteiger partial charge in [0.25, 0.3) is 0 Å². The van der Waals surface area contributed by atoms with Gasteiger partial charge in [-0.3, -0.25) is 9.69 Å². The number of amides is 2. The van der Waals surface area contributed by atoms with Crippen LogP contribution < -0.4 is 5.32 Å². The molecule has 2 N–H and O–H groups in total. The summed E-state index contributed by atoms with van der Waals surface area (Å²) < 4.78 is 6.25. The summed E-state index contributed by atoms with van der Waals surface area (Å²) in [6.45, 7) is 5.75. The van der Waals surface area contributed by atoms with E-state index in [9.17, 15) is 14.7 Å². The second-order valence-corrected chi connectivity index (χ2v) is 7.80. The number of likely N-dealkylation sites (tertiary alicyclic amines) is 1. The first-order valence-electron chi connectivity index (χ1n) is 7.85. The molecule has 6 nitrogen and oxygen atoms in total. The minimum absolute atomic E-state index is 0.101. The molecule has 0 spiro atoms. The summed E-state index contributed by atoms with van der Waals surface area (Å²) in [4.78, 5) is 26.0. The van der Waals surface area contributed by atoms with Crippen LogP contribution in [0.15, 0.2) is 28.7 Å². The van der Waals surface area contributed by atoms with Crippen LogP contribution in [0.4, 0.5) is 4.79 Å². The number of carbonyl (C=O) groups excluding carboxylic acids is 2. The Labute approximate surface area is 150 Å². The molecule has 0 aliphatic carbocycles. The van der Waals surface area contributed by atoms with Crippen LogP contribution >= 0.6 is 15.9 Å². The van der Waals surface area contributed by atoms with E-state index in [2.05, 4.69) is 21.2 Å². The van der Waals surface area contributed by atoms with Crippen molar-refractivity contribution >= 4 is 27.9 Å². The topological polar surface area (TPSA) is 78.9 Å². The summed E-state index contributed by atoms with van der Waals surface area (Å²) in [6, 6.07) is 6.89. The van der Waals surface area contributed by atoms with Gasteiger partial charge in [0, 0.05) is 17.4 Å². The second-order valence-electron chi connectivity index (χ2n) is 6.89. The van der Waals surface area contributed by atoms with Gasteiger partial charge in [-0.25, -0.2) is 4.79 Å². The highest BCUT2D eigenvalue weighted by molar-refractivity contribution is 9.10. The lowest BCUT2D eigenvalue weighted by atomic mass is 10.1. The Balaban J connectivity index is 1.99. The molecular weight excluding hydrogens is 376 g/mol. The van der Waals surface area contributed by atoms with Crippen LogP contribution in [0, 0.1) is 0 Å². The summed E-state index contributed by atoms with van der Waals surface area (Å²) in [5.74, 6) is -0.294. The minimum atomic E-state index is -0.723. The zero-order valence-corrected chi connectivity index (χ0v) is 15.7. The van der Waals surface area contributed by atoms with E-state index < -0.39 is 23.8 Å². The molecule has 1 aromatic carbocycles. The Morgan fingerprint density at radius 1 is 1.42 bits per heavy atom. The number of ether oxygens (including phenoxy) is 1. The molecule has 7 heteroatoms. The van der Waals surface area contributed by atoms with Gasteiger partial charge in [-0.05, 0) is 38.5 Å². The number of halogens is 1. The van der Waals surface area contributed by atoms with Gasteiger partial charge in [-0.15, -0.1) is 0 Å². The number of nitrogens with one attached hydrogen (secondary N) is 1. The van der Waals surface area contributed by atoms with Crippen LogP contribution in [-0.4, -0.2) is 46.3 Å². The first-order valence-corrected chi connectivity index (χ1v) is 8.65. The molecule has 1 saturated heterocycles. The summed E-state index contributed by atoms with van der Waals surface area (Å²) in [5.41, 5.74) is 0.294. The number of nitrogens with zero attached hydrogens (tertiary/aromatic N) is 1. The Morgan fingerprint density at radius 3 is 2.75 bits per heavy atom. The van der Waals surface area contributed by atoms with Gasteiger partial charge in [0.05, 0.1) is 12.6 Å². The molecule has 24 heavy (non-hydrogen) atoms. The quantitative estimate of drug-likeness (QED) is 0.819. The molecule has 0 bridgehead atoms. The lowest BCUT2D eigenvalue weighted by Crippen LogP contribution is -2.47. The molecule has 1 aliphatic rings. The van der Waals surface area contributed by atoms with Crippen LogP contribution in [-0.2, 0) is 16.1 Å². The lowest BCUT2D eigenvalue weighted by Gasteiger charge is -2.27. The Bertz CT molecular complexity index is 615. The summed E-state index contributed by atoms with van der Waals surface area (Å²) in [7, 11) is 0. The van der Waals surface area contributed by atoms with Crippen molar-refractivity contribution in [1.82, 2.24) is 10.2 Å². The summed E-state index contributed by atoms with van der Waals surface area (Å²) in [6.07, 6.45) is -1.09. The van der Waals surface area contributed by atoms with Crippen LogP contribution in [0.1, 0.15) is 32.8 Å². The average molecular weight is 399 g/mol. The van der Waals surface area contributed by atoms with Crippen LogP contribution in [0.25, 0.3) is 0 Å². The summed E-state index contributed by atoms with van der Waals surface area (Å²) in [5, 5.41) is 12.7. The Hall–Kier alpha value is -1.60. The zero-order valence-electron chi connectivity index (χ0n) is 14.1. The number of aliphatic hydroxyl groups is 1. The molecule has 1 aromatic rings. The maximum atomic E-state index is 12.4. The highest BCUT2D eigenvalue weighted by atomic mass is 79.9. The van der Waals surface area contributed by atoms with Crippen molar-refractivity contribution in [3.05, 3.63) is 34.3 Å². The van der Waals surface area contributed by atoms with Gasteiger partial charge in [0.2, 0.25) is 5.91 Å².